The summed E-state index contributed by atoms with van der Waals surface area (Å²) in [5, 5.41) is 0. The van der Waals surface area contributed by atoms with Crippen LogP contribution >= 0.6 is 0 Å². The van der Waals surface area contributed by atoms with Gasteiger partial charge in [0.1, 0.15) is 0 Å². The van der Waals surface area contributed by atoms with E-state index in [9.17, 15) is 4.79 Å². The van der Waals surface area contributed by atoms with Gasteiger partial charge in [0.05, 0.1) is 0 Å². The summed E-state index contributed by atoms with van der Waals surface area (Å²) in [5.41, 5.74) is 0. The summed E-state index contributed by atoms with van der Waals surface area (Å²) in [7, 11) is 0. The molecule has 0 radical (unpaired) electrons. The molecular formula is C9H16N2O. The number of amides is 1. The molecule has 3 heteroatoms. The van der Waals surface area contributed by atoms with Crippen molar-refractivity contribution in [1.82, 2.24) is 9.80 Å². The molecular weight excluding hydrogens is 152 g/mol. The highest BCUT2D eigenvalue weighted by atomic mass is 16.1. The maximum Gasteiger partial charge on any atom is 0.210 e. The van der Waals surface area contributed by atoms with Crippen molar-refractivity contribution in [3.8, 4) is 0 Å². The minimum Gasteiger partial charge on any atom is -0.340 e. The lowest BCUT2D eigenvalue weighted by atomic mass is 10.1. The van der Waals surface area contributed by atoms with Crippen LogP contribution in [-0.2, 0) is 4.79 Å². The van der Waals surface area contributed by atoms with Crippen molar-refractivity contribution in [3.05, 3.63) is 0 Å². The first-order chi connectivity index (χ1) is 5.81. The number of piperazine rings is 1. The molecule has 12 heavy (non-hydrogen) atoms. The van der Waals surface area contributed by atoms with Crippen molar-refractivity contribution in [2.75, 3.05) is 19.6 Å². The highest BCUT2D eigenvalue weighted by Gasteiger charge is 2.33. The Morgan fingerprint density at radius 3 is 3.00 bits per heavy atom. The van der Waals surface area contributed by atoms with Gasteiger partial charge in [-0.1, -0.05) is 0 Å². The van der Waals surface area contributed by atoms with Crippen molar-refractivity contribution in [3.63, 3.8) is 0 Å². The predicted octanol–water partition coefficient (Wildman–Crippen LogP) is 0.311. The van der Waals surface area contributed by atoms with E-state index in [2.05, 4.69) is 11.8 Å². The molecule has 2 rings (SSSR count). The number of fused-ring (bicyclic) bond motifs is 1. The third-order valence-electron chi connectivity index (χ3n) is 3.12. The standard InChI is InChI=1S/C9H16N2O/c1-8-5-10-4-2-3-9(10)6-11(8)7-12/h7-9H,2-6H2,1H3. The molecule has 1 amide bonds. The minimum atomic E-state index is 0.414. The van der Waals surface area contributed by atoms with Crippen LogP contribution in [0.15, 0.2) is 0 Å². The quantitative estimate of drug-likeness (QED) is 0.526. The Kier molecular flexibility index (Phi) is 2.05. The zero-order valence-electron chi connectivity index (χ0n) is 7.57. The molecule has 0 aromatic carbocycles. The molecule has 2 fully saturated rings. The molecule has 2 saturated heterocycles. The van der Waals surface area contributed by atoms with Crippen LogP contribution in [0.25, 0.3) is 0 Å². The average molecular weight is 168 g/mol. The molecule has 0 saturated carbocycles. The van der Waals surface area contributed by atoms with Crippen LogP contribution in [0.5, 0.6) is 0 Å². The second kappa shape index (κ2) is 3.05. The number of hydrogen-bond acceptors (Lipinski definition) is 2. The first-order valence-electron chi connectivity index (χ1n) is 4.76. The lowest BCUT2D eigenvalue weighted by Crippen LogP contribution is -2.54. The van der Waals surface area contributed by atoms with E-state index in [-0.39, 0.29) is 0 Å². The summed E-state index contributed by atoms with van der Waals surface area (Å²) < 4.78 is 0. The van der Waals surface area contributed by atoms with Crippen LogP contribution in [0.3, 0.4) is 0 Å². The maximum atomic E-state index is 10.7. The van der Waals surface area contributed by atoms with Crippen LogP contribution in [-0.4, -0.2) is 47.9 Å². The van der Waals surface area contributed by atoms with E-state index in [1.54, 1.807) is 0 Å². The minimum absolute atomic E-state index is 0.414. The first-order valence-corrected chi connectivity index (χ1v) is 4.76. The smallest absolute Gasteiger partial charge is 0.210 e. The molecule has 2 aliphatic heterocycles. The average Bonchev–Trinajstić information content (AvgIpc) is 2.49. The summed E-state index contributed by atoms with van der Waals surface area (Å²) in [6, 6.07) is 1.07. The molecule has 68 valence electrons. The normalized spacial score (nSPS) is 36.6. The van der Waals surface area contributed by atoms with E-state index in [0.717, 1.165) is 19.5 Å². The molecule has 2 heterocycles. The van der Waals surface area contributed by atoms with Crippen molar-refractivity contribution < 1.29 is 4.79 Å². The highest BCUT2D eigenvalue weighted by Crippen LogP contribution is 2.23. The van der Waals surface area contributed by atoms with E-state index in [1.165, 1.54) is 19.4 Å². The molecule has 0 bridgehead atoms. The van der Waals surface area contributed by atoms with Gasteiger partial charge in [-0.05, 0) is 26.3 Å². The lowest BCUT2D eigenvalue weighted by molar-refractivity contribution is -0.123. The van der Waals surface area contributed by atoms with Gasteiger partial charge in [0.2, 0.25) is 6.41 Å². The van der Waals surface area contributed by atoms with Crippen LogP contribution in [0.1, 0.15) is 19.8 Å². The maximum absolute atomic E-state index is 10.7. The Bertz CT molecular complexity index is 183. The van der Waals surface area contributed by atoms with E-state index in [1.807, 2.05) is 4.90 Å². The monoisotopic (exact) mass is 168 g/mol. The summed E-state index contributed by atoms with van der Waals surface area (Å²) in [5.74, 6) is 0. The molecule has 0 aromatic heterocycles. The van der Waals surface area contributed by atoms with Gasteiger partial charge < -0.3 is 4.90 Å². The Balaban J connectivity index is 2.03. The van der Waals surface area contributed by atoms with Crippen LogP contribution in [0.4, 0.5) is 0 Å². The van der Waals surface area contributed by atoms with E-state index >= 15 is 0 Å². The largest absolute Gasteiger partial charge is 0.340 e. The summed E-state index contributed by atoms with van der Waals surface area (Å²) in [4.78, 5) is 15.1. The Hall–Kier alpha value is -0.570. The number of rotatable bonds is 1. The summed E-state index contributed by atoms with van der Waals surface area (Å²) in [6.45, 7) is 5.39. The fourth-order valence-electron chi connectivity index (χ4n) is 2.36. The van der Waals surface area contributed by atoms with Gasteiger partial charge in [-0.25, -0.2) is 0 Å². The third kappa shape index (κ3) is 1.22. The second-order valence-corrected chi connectivity index (χ2v) is 3.94. The van der Waals surface area contributed by atoms with Gasteiger partial charge in [0.15, 0.2) is 0 Å². The van der Waals surface area contributed by atoms with Crippen LogP contribution in [0, 0.1) is 0 Å². The molecule has 0 spiro atoms. The Morgan fingerprint density at radius 2 is 2.25 bits per heavy atom. The number of carbonyl (C=O) groups excluding carboxylic acids is 1. The SMILES string of the molecule is CC1CN2CCCC2CN1C=O. The number of carbonyl (C=O) groups is 1. The molecule has 2 atom stereocenters. The van der Waals surface area contributed by atoms with E-state index in [4.69, 9.17) is 0 Å². The number of hydrogen-bond donors (Lipinski definition) is 0. The zero-order valence-corrected chi connectivity index (χ0v) is 7.57. The molecule has 0 N–H and O–H groups in total. The summed E-state index contributed by atoms with van der Waals surface area (Å²) >= 11 is 0. The van der Waals surface area contributed by atoms with E-state index < -0.39 is 0 Å². The third-order valence-corrected chi connectivity index (χ3v) is 3.12. The Morgan fingerprint density at radius 1 is 1.42 bits per heavy atom. The van der Waals surface area contributed by atoms with Crippen molar-refractivity contribution >= 4 is 6.41 Å². The molecule has 2 aliphatic rings. The van der Waals surface area contributed by atoms with Gasteiger partial charge in [-0.15, -0.1) is 0 Å². The first kappa shape index (κ1) is 8.05. The van der Waals surface area contributed by atoms with Crippen LogP contribution in [0.2, 0.25) is 0 Å². The topological polar surface area (TPSA) is 23.6 Å². The molecule has 0 aromatic rings. The van der Waals surface area contributed by atoms with Crippen molar-refractivity contribution in [1.29, 1.82) is 0 Å². The molecule has 0 aliphatic carbocycles. The summed E-state index contributed by atoms with van der Waals surface area (Å²) in [6.07, 6.45) is 3.58. The molecule has 3 nitrogen and oxygen atoms in total. The fourth-order valence-corrected chi connectivity index (χ4v) is 2.36. The zero-order chi connectivity index (χ0) is 8.55. The van der Waals surface area contributed by atoms with Gasteiger partial charge in [-0.3, -0.25) is 9.69 Å². The van der Waals surface area contributed by atoms with Crippen molar-refractivity contribution in [2.45, 2.75) is 31.8 Å². The van der Waals surface area contributed by atoms with Gasteiger partial charge in [0.25, 0.3) is 0 Å². The van der Waals surface area contributed by atoms with E-state index in [0.29, 0.717) is 12.1 Å². The lowest BCUT2D eigenvalue weighted by Gasteiger charge is -2.40. The number of nitrogens with zero attached hydrogens (tertiary/aromatic N) is 2. The van der Waals surface area contributed by atoms with Gasteiger partial charge >= 0.3 is 0 Å². The fraction of sp³-hybridized carbons (Fsp3) is 0.889. The van der Waals surface area contributed by atoms with Gasteiger partial charge in [-0.2, -0.15) is 0 Å². The van der Waals surface area contributed by atoms with Gasteiger partial charge in [0, 0.05) is 25.2 Å². The second-order valence-electron chi connectivity index (χ2n) is 3.94. The predicted molar refractivity (Wildman–Crippen MR) is 46.8 cm³/mol. The van der Waals surface area contributed by atoms with Crippen molar-refractivity contribution in [2.24, 2.45) is 0 Å². The molecule has 2 unspecified atom stereocenters. The van der Waals surface area contributed by atoms with Crippen LogP contribution < -0.4 is 0 Å². The highest BCUT2D eigenvalue weighted by molar-refractivity contribution is 5.48. The Labute approximate surface area is 73.3 Å².